The van der Waals surface area contributed by atoms with Gasteiger partial charge < -0.3 is 42.0 Å². The Morgan fingerprint density at radius 1 is 1.24 bits per heavy atom. The maximum absolute atomic E-state index is 13.5. The van der Waals surface area contributed by atoms with Gasteiger partial charge in [0.2, 0.25) is 0 Å². The number of Topliss-reactive ketones (excluding diaryl/α,β-unsaturated/α-hetero) is 1. The fourth-order valence-corrected chi connectivity index (χ4v) is 1.88. The molecule has 0 amide bonds. The summed E-state index contributed by atoms with van der Waals surface area (Å²) in [5.41, 5.74) is 0.310. The minimum atomic E-state index is -0.598. The quantitative estimate of drug-likeness (QED) is 0.275. The van der Waals surface area contributed by atoms with Gasteiger partial charge in [0.05, 0.1) is 12.1 Å². The van der Waals surface area contributed by atoms with E-state index in [0.717, 1.165) is 19.3 Å². The number of methoxy groups -OCH3 is 1. The van der Waals surface area contributed by atoms with Crippen LogP contribution in [0, 0.1) is 5.82 Å². The van der Waals surface area contributed by atoms with Crippen LogP contribution in [0.5, 0.6) is 5.75 Å². The second-order valence-electron chi connectivity index (χ2n) is 3.85. The Balaban J connectivity index is -0.000000361. The molecular formula is C13H16AlCl4FO2. The van der Waals surface area contributed by atoms with E-state index in [9.17, 15) is 9.18 Å². The van der Waals surface area contributed by atoms with E-state index in [0.29, 0.717) is 12.0 Å². The molecular weight excluding hydrogens is 376 g/mol. The molecule has 21 heavy (non-hydrogen) atoms. The van der Waals surface area contributed by atoms with Crippen LogP contribution < -0.4 is 42.0 Å². The largest absolute Gasteiger partial charge is 3.00 e. The van der Waals surface area contributed by atoms with Gasteiger partial charge in [0.15, 0.2) is 17.3 Å². The number of hydrogen-bond acceptors (Lipinski definition) is 2. The summed E-state index contributed by atoms with van der Waals surface area (Å²) in [5, 5.41) is 0.131. The van der Waals surface area contributed by atoms with E-state index in [1.165, 1.54) is 19.2 Å². The molecule has 1 aromatic carbocycles. The zero-order valence-electron chi connectivity index (χ0n) is 11.8. The van der Waals surface area contributed by atoms with Crippen molar-refractivity contribution in [1.82, 2.24) is 0 Å². The molecule has 0 radical (unpaired) electrons. The topological polar surface area (TPSA) is 26.3 Å². The normalized spacial score (nSPS) is 8.38. The average Bonchev–Trinajstić information content (AvgIpc) is 2.28. The summed E-state index contributed by atoms with van der Waals surface area (Å²) >= 11 is 5.82. The van der Waals surface area contributed by atoms with Gasteiger partial charge in [-0.1, -0.05) is 31.4 Å². The van der Waals surface area contributed by atoms with Crippen molar-refractivity contribution >= 4 is 34.7 Å². The first kappa shape index (κ1) is 29.3. The maximum Gasteiger partial charge on any atom is 3.00 e. The van der Waals surface area contributed by atoms with Crippen molar-refractivity contribution in [2.75, 3.05) is 7.11 Å². The van der Waals surface area contributed by atoms with E-state index >= 15 is 0 Å². The molecule has 1 aromatic rings. The summed E-state index contributed by atoms with van der Waals surface area (Å²) in [6.45, 7) is 2.06. The number of benzene rings is 1. The molecule has 0 bridgehead atoms. The Bertz CT molecular complexity index is 396. The second-order valence-corrected chi connectivity index (χ2v) is 4.26. The Morgan fingerprint density at radius 2 is 1.81 bits per heavy atom. The molecule has 1 rings (SSSR count). The molecule has 0 saturated carbocycles. The summed E-state index contributed by atoms with van der Waals surface area (Å²) in [5.74, 6) is -0.697. The number of halogens is 5. The van der Waals surface area contributed by atoms with Gasteiger partial charge >= 0.3 is 17.4 Å². The second kappa shape index (κ2) is 15.2. The Kier molecular flexibility index (Phi) is 21.3. The predicted molar refractivity (Wildman–Crippen MR) is 72.2 cm³/mol. The van der Waals surface area contributed by atoms with E-state index in [4.69, 9.17) is 16.3 Å². The SMILES string of the molecule is CCCCCC(=O)c1cc(F)c(OC)c(Cl)c1.[Al+3].[Cl-].[Cl-].[Cl-]. The van der Waals surface area contributed by atoms with Gasteiger partial charge in [-0.25, -0.2) is 4.39 Å². The van der Waals surface area contributed by atoms with Crippen molar-refractivity contribution in [3.8, 4) is 5.75 Å². The van der Waals surface area contributed by atoms with Crippen LogP contribution in [-0.2, 0) is 0 Å². The van der Waals surface area contributed by atoms with Gasteiger partial charge in [-0.2, -0.15) is 0 Å². The molecule has 0 aliphatic heterocycles. The number of carbonyl (C=O) groups excluding carboxylic acids is 1. The zero-order valence-corrected chi connectivity index (χ0v) is 15.9. The van der Waals surface area contributed by atoms with Crippen LogP contribution in [0.1, 0.15) is 43.0 Å². The van der Waals surface area contributed by atoms with E-state index in [1.807, 2.05) is 0 Å². The first-order valence-corrected chi connectivity index (χ1v) is 6.04. The van der Waals surface area contributed by atoms with E-state index in [2.05, 4.69) is 6.92 Å². The van der Waals surface area contributed by atoms with Crippen molar-refractivity contribution in [3.05, 3.63) is 28.5 Å². The molecule has 8 heteroatoms. The van der Waals surface area contributed by atoms with Gasteiger partial charge in [0.25, 0.3) is 0 Å². The van der Waals surface area contributed by atoms with E-state index < -0.39 is 5.82 Å². The molecule has 0 N–H and O–H groups in total. The number of rotatable bonds is 6. The van der Waals surface area contributed by atoms with Gasteiger partial charge in [-0.15, -0.1) is 0 Å². The first-order chi connectivity index (χ1) is 8.10. The first-order valence-electron chi connectivity index (χ1n) is 5.66. The number of hydrogen-bond donors (Lipinski definition) is 0. The van der Waals surface area contributed by atoms with Gasteiger partial charge in [0.1, 0.15) is 0 Å². The summed E-state index contributed by atoms with van der Waals surface area (Å²) in [6, 6.07) is 2.64. The van der Waals surface area contributed by atoms with Gasteiger partial charge in [-0.3, -0.25) is 4.79 Å². The van der Waals surface area contributed by atoms with Crippen molar-refractivity contribution in [2.24, 2.45) is 0 Å². The third-order valence-electron chi connectivity index (χ3n) is 2.53. The molecule has 118 valence electrons. The van der Waals surface area contributed by atoms with Gasteiger partial charge in [-0.05, 0) is 18.6 Å². The minimum absolute atomic E-state index is 0. The summed E-state index contributed by atoms with van der Waals surface area (Å²) < 4.78 is 18.3. The van der Waals surface area contributed by atoms with Crippen molar-refractivity contribution < 1.29 is 51.1 Å². The van der Waals surface area contributed by atoms with Crippen LogP contribution in [0.15, 0.2) is 12.1 Å². The monoisotopic (exact) mass is 390 g/mol. The van der Waals surface area contributed by atoms with Crippen LogP contribution in [0.4, 0.5) is 4.39 Å². The third kappa shape index (κ3) is 9.13. The fourth-order valence-electron chi connectivity index (χ4n) is 1.60. The van der Waals surface area contributed by atoms with E-state index in [-0.39, 0.29) is 71.1 Å². The van der Waals surface area contributed by atoms with Crippen LogP contribution in [0.2, 0.25) is 5.02 Å². The molecule has 0 atom stereocenters. The van der Waals surface area contributed by atoms with Crippen molar-refractivity contribution in [1.29, 1.82) is 0 Å². The maximum atomic E-state index is 13.5. The van der Waals surface area contributed by atoms with E-state index in [1.54, 1.807) is 0 Å². The zero-order chi connectivity index (χ0) is 12.8. The van der Waals surface area contributed by atoms with Crippen LogP contribution in [0.25, 0.3) is 0 Å². The smallest absolute Gasteiger partial charge is 1.00 e. The molecule has 0 spiro atoms. The van der Waals surface area contributed by atoms with Gasteiger partial charge in [0, 0.05) is 12.0 Å². The number of unbranched alkanes of at least 4 members (excludes halogenated alkanes) is 2. The summed E-state index contributed by atoms with van der Waals surface area (Å²) in [6.07, 6.45) is 3.29. The van der Waals surface area contributed by atoms with Crippen molar-refractivity contribution in [2.45, 2.75) is 32.6 Å². The molecule has 0 heterocycles. The standard InChI is InChI=1S/C13H16ClFO2.Al.3ClH/c1-3-4-5-6-12(16)9-7-10(14)13(17-2)11(15)8-9;;;;/h7-8H,3-6H2,1-2H3;;3*1H/q;+3;;;/p-3. The summed E-state index contributed by atoms with van der Waals surface area (Å²) in [4.78, 5) is 11.8. The average molecular weight is 392 g/mol. The molecule has 0 unspecified atom stereocenters. The number of ether oxygens (including phenoxy) is 1. The Hall–Kier alpha value is 0.312. The molecule has 2 nitrogen and oxygen atoms in total. The number of ketones is 1. The van der Waals surface area contributed by atoms with Crippen LogP contribution in [-0.4, -0.2) is 30.3 Å². The Morgan fingerprint density at radius 3 is 2.24 bits per heavy atom. The van der Waals surface area contributed by atoms with Crippen LogP contribution in [0.3, 0.4) is 0 Å². The van der Waals surface area contributed by atoms with Crippen LogP contribution >= 0.6 is 11.6 Å². The molecule has 0 fully saturated rings. The molecule has 0 saturated heterocycles. The van der Waals surface area contributed by atoms with Crippen molar-refractivity contribution in [3.63, 3.8) is 0 Å². The number of carbonyl (C=O) groups is 1. The Labute approximate surface area is 159 Å². The molecule has 0 aliphatic rings. The summed E-state index contributed by atoms with van der Waals surface area (Å²) in [7, 11) is 1.34. The molecule has 0 aromatic heterocycles. The molecule has 0 aliphatic carbocycles. The minimum Gasteiger partial charge on any atom is -1.00 e. The fraction of sp³-hybridized carbons (Fsp3) is 0.462. The third-order valence-corrected chi connectivity index (χ3v) is 2.81. The predicted octanol–water partition coefficient (Wildman–Crippen LogP) is -5.12.